The molecule has 6 nitrogen and oxygen atoms in total. The largest absolute Gasteiger partial charge is 0.490 e. The molecule has 4 aromatic rings. The molecule has 1 amide bonds. The number of rotatable bonds is 11. The van der Waals surface area contributed by atoms with Crippen LogP contribution >= 0.6 is 55.1 Å². The molecule has 0 saturated carbocycles. The van der Waals surface area contributed by atoms with E-state index in [1.54, 1.807) is 36.4 Å². The van der Waals surface area contributed by atoms with E-state index in [9.17, 15) is 4.79 Å². The summed E-state index contributed by atoms with van der Waals surface area (Å²) in [6.45, 7) is 2.89. The summed E-state index contributed by atoms with van der Waals surface area (Å²) in [5.74, 6) is 1.15. The monoisotopic (exact) mass is 704 g/mol. The molecular formula is C30H24Br2Cl2N2O4. The zero-order valence-corrected chi connectivity index (χ0v) is 26.0. The molecule has 0 heterocycles. The summed E-state index contributed by atoms with van der Waals surface area (Å²) < 4.78 is 19.2. The summed E-state index contributed by atoms with van der Waals surface area (Å²) >= 11 is 19.3. The predicted octanol–water partition coefficient (Wildman–Crippen LogP) is 8.84. The van der Waals surface area contributed by atoms with E-state index in [1.807, 2.05) is 49.4 Å². The molecule has 0 aliphatic rings. The number of carbonyl (C=O) groups excluding carboxylic acids is 1. The van der Waals surface area contributed by atoms with Crippen LogP contribution < -0.4 is 19.6 Å². The molecular weight excluding hydrogens is 683 g/mol. The zero-order valence-electron chi connectivity index (χ0n) is 21.3. The molecule has 0 spiro atoms. The molecule has 10 heteroatoms. The molecule has 4 aromatic carbocycles. The molecule has 1 N–H and O–H groups in total. The van der Waals surface area contributed by atoms with E-state index < -0.39 is 5.91 Å². The Kier molecular flexibility index (Phi) is 10.9. The average molecular weight is 707 g/mol. The number of hydrogen-bond donors (Lipinski definition) is 1. The Morgan fingerprint density at radius 3 is 2.45 bits per heavy atom. The second-order valence-electron chi connectivity index (χ2n) is 8.40. The van der Waals surface area contributed by atoms with Crippen molar-refractivity contribution >= 4 is 67.2 Å². The van der Waals surface area contributed by atoms with Gasteiger partial charge in [0.05, 0.1) is 17.3 Å². The van der Waals surface area contributed by atoms with Gasteiger partial charge in [0.1, 0.15) is 19.0 Å². The first-order valence-electron chi connectivity index (χ1n) is 12.2. The van der Waals surface area contributed by atoms with Gasteiger partial charge in [-0.3, -0.25) is 4.79 Å². The fourth-order valence-corrected chi connectivity index (χ4v) is 5.45. The number of amides is 1. The number of hydrogen-bond acceptors (Lipinski definition) is 5. The highest BCUT2D eigenvalue weighted by Gasteiger charge is 2.13. The highest BCUT2D eigenvalue weighted by Crippen LogP contribution is 2.34. The number of halogens is 4. The van der Waals surface area contributed by atoms with E-state index in [0.29, 0.717) is 56.1 Å². The maximum absolute atomic E-state index is 12.9. The van der Waals surface area contributed by atoms with Crippen LogP contribution in [0.4, 0.5) is 0 Å². The Balaban J connectivity index is 1.45. The molecule has 0 saturated heterocycles. The van der Waals surface area contributed by atoms with Gasteiger partial charge < -0.3 is 14.2 Å². The van der Waals surface area contributed by atoms with E-state index in [1.165, 1.54) is 6.21 Å². The van der Waals surface area contributed by atoms with Crippen molar-refractivity contribution in [2.24, 2.45) is 5.10 Å². The average Bonchev–Trinajstić information content (AvgIpc) is 2.93. The van der Waals surface area contributed by atoms with Gasteiger partial charge in [0.25, 0.3) is 5.91 Å². The molecule has 0 atom stereocenters. The van der Waals surface area contributed by atoms with Crippen LogP contribution in [0.5, 0.6) is 17.2 Å². The number of nitrogens with one attached hydrogen (secondary N) is 1. The SMILES string of the molecule is CCOc1cc(C(=O)N/N=C/c2cc(Br)cc(Br)c2OCc2ccc(Cl)cc2Cl)ccc1OCc1ccccc1. The van der Waals surface area contributed by atoms with Gasteiger partial charge in [-0.05, 0) is 70.9 Å². The van der Waals surface area contributed by atoms with Crippen LogP contribution in [0.1, 0.15) is 34.0 Å². The van der Waals surface area contributed by atoms with Gasteiger partial charge in [0.15, 0.2) is 11.5 Å². The van der Waals surface area contributed by atoms with Crippen LogP contribution in [0.25, 0.3) is 0 Å². The van der Waals surface area contributed by atoms with Crippen LogP contribution in [-0.4, -0.2) is 18.7 Å². The number of carbonyl (C=O) groups is 1. The lowest BCUT2D eigenvalue weighted by atomic mass is 10.2. The van der Waals surface area contributed by atoms with Crippen LogP contribution in [0.3, 0.4) is 0 Å². The van der Waals surface area contributed by atoms with E-state index in [4.69, 9.17) is 37.4 Å². The highest BCUT2D eigenvalue weighted by molar-refractivity contribution is 9.11. The van der Waals surface area contributed by atoms with Crippen molar-refractivity contribution in [2.45, 2.75) is 20.1 Å². The molecule has 0 radical (unpaired) electrons. The number of hydrazone groups is 1. The maximum Gasteiger partial charge on any atom is 0.271 e. The smallest absolute Gasteiger partial charge is 0.271 e. The van der Waals surface area contributed by atoms with E-state index in [-0.39, 0.29) is 6.61 Å². The Morgan fingerprint density at radius 2 is 1.70 bits per heavy atom. The summed E-state index contributed by atoms with van der Waals surface area (Å²) in [7, 11) is 0. The van der Waals surface area contributed by atoms with Gasteiger partial charge in [0, 0.05) is 31.2 Å². The Labute approximate surface area is 259 Å². The first-order valence-corrected chi connectivity index (χ1v) is 14.5. The summed E-state index contributed by atoms with van der Waals surface area (Å²) in [4.78, 5) is 12.9. The molecule has 206 valence electrons. The van der Waals surface area contributed by atoms with Crippen molar-refractivity contribution in [1.82, 2.24) is 5.43 Å². The number of ether oxygens (including phenoxy) is 3. The van der Waals surface area contributed by atoms with Gasteiger partial charge in [-0.1, -0.05) is 75.5 Å². The molecule has 0 aliphatic carbocycles. The lowest BCUT2D eigenvalue weighted by Crippen LogP contribution is -2.18. The quantitative estimate of drug-likeness (QED) is 0.125. The Hall–Kier alpha value is -3.04. The van der Waals surface area contributed by atoms with Crippen LogP contribution in [0.2, 0.25) is 10.0 Å². The minimum atomic E-state index is -0.406. The fraction of sp³-hybridized carbons (Fsp3) is 0.133. The second-order valence-corrected chi connectivity index (χ2v) is 11.0. The molecule has 0 fully saturated rings. The topological polar surface area (TPSA) is 69.2 Å². The van der Waals surface area contributed by atoms with Crippen molar-refractivity contribution in [3.05, 3.63) is 120 Å². The van der Waals surface area contributed by atoms with Crippen LogP contribution in [-0.2, 0) is 13.2 Å². The number of nitrogens with zero attached hydrogens (tertiary/aromatic N) is 1. The van der Waals surface area contributed by atoms with Crippen molar-refractivity contribution in [1.29, 1.82) is 0 Å². The molecule has 0 aromatic heterocycles. The van der Waals surface area contributed by atoms with Crippen molar-refractivity contribution in [2.75, 3.05) is 6.61 Å². The fourth-order valence-electron chi connectivity index (χ4n) is 3.61. The van der Waals surface area contributed by atoms with Gasteiger partial charge >= 0.3 is 0 Å². The first-order chi connectivity index (χ1) is 19.3. The predicted molar refractivity (Wildman–Crippen MR) is 166 cm³/mol. The summed E-state index contributed by atoms with van der Waals surface area (Å²) in [6, 6.07) is 23.7. The van der Waals surface area contributed by atoms with E-state index in [0.717, 1.165) is 15.6 Å². The molecule has 4 rings (SSSR count). The summed E-state index contributed by atoms with van der Waals surface area (Å²) in [5.41, 5.74) is 5.37. The standard InChI is InChI=1S/C30H24Br2Cl2N2O4/c1-2-38-28-13-20(9-11-27(28)39-17-19-6-4-3-5-7-19)30(37)36-35-16-22-12-23(31)14-25(32)29(22)40-18-21-8-10-24(33)15-26(21)34/h3-16H,2,17-18H2,1H3,(H,36,37)/b35-16+. The van der Waals surface area contributed by atoms with Gasteiger partial charge in [-0.25, -0.2) is 5.43 Å². The lowest BCUT2D eigenvalue weighted by molar-refractivity contribution is 0.0954. The van der Waals surface area contributed by atoms with Crippen LogP contribution in [0, 0.1) is 0 Å². The molecule has 40 heavy (non-hydrogen) atoms. The minimum Gasteiger partial charge on any atom is -0.490 e. The molecule has 0 bridgehead atoms. The van der Waals surface area contributed by atoms with Crippen LogP contribution in [0.15, 0.2) is 92.9 Å². The first kappa shape index (κ1) is 29.9. The highest BCUT2D eigenvalue weighted by atomic mass is 79.9. The lowest BCUT2D eigenvalue weighted by Gasteiger charge is -2.13. The minimum absolute atomic E-state index is 0.211. The van der Waals surface area contributed by atoms with Crippen molar-refractivity contribution in [3.8, 4) is 17.2 Å². The second kappa shape index (κ2) is 14.6. The normalized spacial score (nSPS) is 10.9. The number of benzene rings is 4. The third-order valence-corrected chi connectivity index (χ3v) is 7.17. The Bertz CT molecular complexity index is 1520. The summed E-state index contributed by atoms with van der Waals surface area (Å²) in [6.07, 6.45) is 1.51. The van der Waals surface area contributed by atoms with E-state index >= 15 is 0 Å². The zero-order chi connectivity index (χ0) is 28.5. The van der Waals surface area contributed by atoms with Gasteiger partial charge in [0.2, 0.25) is 0 Å². The van der Waals surface area contributed by atoms with E-state index in [2.05, 4.69) is 42.4 Å². The molecule has 0 aliphatic heterocycles. The van der Waals surface area contributed by atoms with Crippen molar-refractivity contribution in [3.63, 3.8) is 0 Å². The third kappa shape index (κ3) is 8.24. The third-order valence-electron chi connectivity index (χ3n) is 5.54. The summed E-state index contributed by atoms with van der Waals surface area (Å²) in [5, 5.41) is 5.21. The molecule has 0 unspecified atom stereocenters. The van der Waals surface area contributed by atoms with Crippen molar-refractivity contribution < 1.29 is 19.0 Å². The van der Waals surface area contributed by atoms with Gasteiger partial charge in [-0.2, -0.15) is 5.10 Å². The van der Waals surface area contributed by atoms with Gasteiger partial charge in [-0.15, -0.1) is 0 Å². The maximum atomic E-state index is 12.9. The Morgan fingerprint density at radius 1 is 0.900 bits per heavy atom.